The van der Waals surface area contributed by atoms with Gasteiger partial charge in [0.05, 0.1) is 7.11 Å². The summed E-state index contributed by atoms with van der Waals surface area (Å²) in [5.74, 6) is 0.995. The molecule has 2 aromatic carbocycles. The number of unbranched alkanes of at least 4 members (excludes halogenated alkanes) is 1. The Balaban J connectivity index is 2.47. The van der Waals surface area contributed by atoms with E-state index >= 15 is 0 Å². The van der Waals surface area contributed by atoms with Crippen LogP contribution in [0.25, 0.3) is 0 Å². The van der Waals surface area contributed by atoms with E-state index in [4.69, 9.17) is 4.74 Å². The second-order valence-corrected chi connectivity index (χ2v) is 7.31. The van der Waals surface area contributed by atoms with E-state index in [-0.39, 0.29) is 5.41 Å². The van der Waals surface area contributed by atoms with Gasteiger partial charge in [-0.25, -0.2) is 0 Å². The summed E-state index contributed by atoms with van der Waals surface area (Å²) in [7, 11) is 1.77. The van der Waals surface area contributed by atoms with E-state index in [1.165, 1.54) is 29.3 Å². The summed E-state index contributed by atoms with van der Waals surface area (Å²) in [5, 5.41) is 0. The molecule has 0 N–H and O–H groups in total. The Morgan fingerprint density at radius 1 is 1.00 bits per heavy atom. The van der Waals surface area contributed by atoms with Crippen molar-refractivity contribution in [1.82, 2.24) is 0 Å². The standard InChI is InChI=1S/C21H29BO/c1-6-7-15-22(19-13-8-9-14-20(19)23-5)18-12-10-11-17(16-18)21(2,3)4/h8-14,16H,6-7,15H2,1-5H3. The molecule has 0 aliphatic heterocycles. The molecule has 0 aromatic heterocycles. The minimum Gasteiger partial charge on any atom is -0.497 e. The largest absolute Gasteiger partial charge is 0.497 e. The summed E-state index contributed by atoms with van der Waals surface area (Å²) in [6.45, 7) is 9.47. The first-order chi connectivity index (χ1) is 11.0. The van der Waals surface area contributed by atoms with Gasteiger partial charge in [0, 0.05) is 0 Å². The first-order valence-corrected chi connectivity index (χ1v) is 8.70. The number of rotatable bonds is 6. The van der Waals surface area contributed by atoms with Crippen molar-refractivity contribution in [2.45, 2.75) is 52.3 Å². The second-order valence-electron chi connectivity index (χ2n) is 7.31. The molecule has 0 radical (unpaired) electrons. The van der Waals surface area contributed by atoms with Gasteiger partial charge in [-0.2, -0.15) is 0 Å². The number of para-hydroxylation sites is 1. The van der Waals surface area contributed by atoms with Crippen LogP contribution >= 0.6 is 0 Å². The lowest BCUT2D eigenvalue weighted by Gasteiger charge is -2.23. The van der Waals surface area contributed by atoms with Crippen molar-refractivity contribution in [3.63, 3.8) is 0 Å². The minimum atomic E-state index is 0.173. The van der Waals surface area contributed by atoms with Crippen molar-refractivity contribution in [1.29, 1.82) is 0 Å². The predicted octanol–water partition coefficient (Wildman–Crippen LogP) is 4.40. The monoisotopic (exact) mass is 308 g/mol. The van der Waals surface area contributed by atoms with Crippen LogP contribution in [0.4, 0.5) is 0 Å². The molecule has 0 saturated carbocycles. The Morgan fingerprint density at radius 3 is 2.39 bits per heavy atom. The SMILES string of the molecule is CCCCB(c1cccc(C(C)(C)C)c1)c1ccccc1OC. The maximum Gasteiger partial charge on any atom is 0.214 e. The van der Waals surface area contributed by atoms with E-state index in [1.54, 1.807) is 7.11 Å². The van der Waals surface area contributed by atoms with E-state index < -0.39 is 0 Å². The van der Waals surface area contributed by atoms with Crippen LogP contribution in [0.15, 0.2) is 48.5 Å². The summed E-state index contributed by atoms with van der Waals surface area (Å²) in [5.41, 5.74) is 4.27. The zero-order valence-corrected chi connectivity index (χ0v) is 15.2. The van der Waals surface area contributed by atoms with E-state index in [1.807, 2.05) is 6.07 Å². The smallest absolute Gasteiger partial charge is 0.214 e. The van der Waals surface area contributed by atoms with Crippen LogP contribution in [0, 0.1) is 0 Å². The molecule has 122 valence electrons. The topological polar surface area (TPSA) is 9.23 Å². The Bertz CT molecular complexity index is 628. The molecule has 0 atom stereocenters. The first-order valence-electron chi connectivity index (χ1n) is 8.70. The Hall–Kier alpha value is -1.70. The van der Waals surface area contributed by atoms with Crippen molar-refractivity contribution < 1.29 is 4.74 Å². The highest BCUT2D eigenvalue weighted by Gasteiger charge is 2.23. The molecule has 0 aliphatic carbocycles. The van der Waals surface area contributed by atoms with Gasteiger partial charge in [-0.3, -0.25) is 0 Å². The summed E-state index contributed by atoms with van der Waals surface area (Å²) >= 11 is 0. The Labute approximate surface area is 142 Å². The molecule has 2 rings (SSSR count). The highest BCUT2D eigenvalue weighted by Crippen LogP contribution is 2.21. The quantitative estimate of drug-likeness (QED) is 0.719. The number of methoxy groups -OCH3 is 1. The third kappa shape index (κ3) is 4.40. The van der Waals surface area contributed by atoms with Gasteiger partial charge in [0.15, 0.2) is 0 Å². The fraction of sp³-hybridized carbons (Fsp3) is 0.429. The van der Waals surface area contributed by atoms with Gasteiger partial charge in [0.25, 0.3) is 0 Å². The van der Waals surface area contributed by atoms with E-state index in [0.717, 1.165) is 12.1 Å². The van der Waals surface area contributed by atoms with Crippen LogP contribution in [-0.4, -0.2) is 13.8 Å². The summed E-state index contributed by atoms with van der Waals surface area (Å²) in [6.07, 6.45) is 3.59. The zero-order chi connectivity index (χ0) is 16.9. The van der Waals surface area contributed by atoms with Crippen molar-refractivity contribution >= 4 is 17.6 Å². The van der Waals surface area contributed by atoms with Gasteiger partial charge in [-0.15, -0.1) is 0 Å². The number of benzene rings is 2. The minimum absolute atomic E-state index is 0.173. The molecule has 0 fully saturated rings. The fourth-order valence-corrected chi connectivity index (χ4v) is 3.09. The molecule has 0 spiro atoms. The van der Waals surface area contributed by atoms with E-state index in [9.17, 15) is 0 Å². The third-order valence-corrected chi connectivity index (χ3v) is 4.52. The van der Waals surface area contributed by atoms with E-state index in [2.05, 4.69) is 70.2 Å². The predicted molar refractivity (Wildman–Crippen MR) is 103 cm³/mol. The summed E-state index contributed by atoms with van der Waals surface area (Å²) in [4.78, 5) is 0. The normalized spacial score (nSPS) is 11.3. The molecule has 23 heavy (non-hydrogen) atoms. The van der Waals surface area contributed by atoms with Crippen LogP contribution in [0.5, 0.6) is 5.75 Å². The highest BCUT2D eigenvalue weighted by molar-refractivity contribution is 6.85. The van der Waals surface area contributed by atoms with Gasteiger partial charge in [0.2, 0.25) is 6.71 Å². The van der Waals surface area contributed by atoms with Crippen LogP contribution in [-0.2, 0) is 5.41 Å². The van der Waals surface area contributed by atoms with E-state index in [0.29, 0.717) is 6.71 Å². The number of hydrogen-bond acceptors (Lipinski definition) is 1. The molecule has 2 aromatic rings. The first kappa shape index (κ1) is 17.7. The molecule has 0 heterocycles. The molecule has 2 heteroatoms. The Kier molecular flexibility index (Phi) is 5.93. The molecule has 0 unspecified atom stereocenters. The highest BCUT2D eigenvalue weighted by atomic mass is 16.5. The lowest BCUT2D eigenvalue weighted by molar-refractivity contribution is 0.418. The summed E-state index contributed by atoms with van der Waals surface area (Å²) < 4.78 is 5.63. The van der Waals surface area contributed by atoms with Gasteiger partial charge in [0.1, 0.15) is 5.75 Å². The molecule has 0 amide bonds. The molecule has 0 saturated heterocycles. The fourth-order valence-electron chi connectivity index (χ4n) is 3.09. The van der Waals surface area contributed by atoms with Gasteiger partial charge in [-0.05, 0) is 22.5 Å². The van der Waals surface area contributed by atoms with Crippen molar-refractivity contribution in [3.05, 3.63) is 54.1 Å². The molecular weight excluding hydrogens is 279 g/mol. The number of hydrogen-bond donors (Lipinski definition) is 0. The van der Waals surface area contributed by atoms with Crippen molar-refractivity contribution in [3.8, 4) is 5.75 Å². The number of ether oxygens (including phenoxy) is 1. The van der Waals surface area contributed by atoms with Gasteiger partial charge >= 0.3 is 0 Å². The average molecular weight is 308 g/mol. The van der Waals surface area contributed by atoms with Crippen LogP contribution in [0.3, 0.4) is 0 Å². The van der Waals surface area contributed by atoms with Gasteiger partial charge < -0.3 is 4.74 Å². The zero-order valence-electron chi connectivity index (χ0n) is 15.2. The Morgan fingerprint density at radius 2 is 1.74 bits per heavy atom. The third-order valence-electron chi connectivity index (χ3n) is 4.52. The lowest BCUT2D eigenvalue weighted by Crippen LogP contribution is -2.43. The van der Waals surface area contributed by atoms with Gasteiger partial charge in [-0.1, -0.05) is 94.8 Å². The molecule has 0 aliphatic rings. The van der Waals surface area contributed by atoms with Crippen molar-refractivity contribution in [2.75, 3.05) is 7.11 Å². The van der Waals surface area contributed by atoms with Crippen LogP contribution in [0.2, 0.25) is 6.32 Å². The van der Waals surface area contributed by atoms with Crippen molar-refractivity contribution in [2.24, 2.45) is 0 Å². The van der Waals surface area contributed by atoms with Crippen LogP contribution < -0.4 is 15.7 Å². The summed E-state index contributed by atoms with van der Waals surface area (Å²) in [6, 6.07) is 17.5. The molecule has 1 nitrogen and oxygen atoms in total. The maximum atomic E-state index is 5.63. The lowest BCUT2D eigenvalue weighted by atomic mass is 9.38. The van der Waals surface area contributed by atoms with Crippen LogP contribution in [0.1, 0.15) is 46.1 Å². The maximum absolute atomic E-state index is 5.63. The average Bonchev–Trinajstić information content (AvgIpc) is 2.55. The molecular formula is C21H29BO. The second kappa shape index (κ2) is 7.72. The molecule has 0 bridgehead atoms.